The summed E-state index contributed by atoms with van der Waals surface area (Å²) in [6, 6.07) is 4.42. The molecule has 2 aromatic heterocycles. The third-order valence-corrected chi connectivity index (χ3v) is 6.40. The first-order chi connectivity index (χ1) is 20.1. The molecule has 0 radical (unpaired) electrons. The zero-order valence-corrected chi connectivity index (χ0v) is 21.8. The molecule has 226 valence electrons. The minimum Gasteiger partial charge on any atom is -0.480 e. The smallest absolute Gasteiger partial charge is 0.418 e. The molecule has 0 spiro atoms. The van der Waals surface area contributed by atoms with Gasteiger partial charge in [0.1, 0.15) is 29.3 Å². The lowest BCUT2D eigenvalue weighted by atomic mass is 9.95. The number of aliphatic carboxylic acids is 1. The number of nitrogens with zero attached hydrogens (tertiary/aromatic N) is 2. The van der Waals surface area contributed by atoms with Gasteiger partial charge in [-0.2, -0.15) is 26.3 Å². The number of carbonyl (C=O) groups excluding carboxylic acids is 1. The molecule has 1 amide bonds. The third kappa shape index (κ3) is 6.81. The Morgan fingerprint density at radius 3 is 2.16 bits per heavy atom. The maximum atomic E-state index is 14.7. The van der Waals surface area contributed by atoms with Gasteiger partial charge in [-0.3, -0.25) is 14.8 Å². The average molecular weight is 612 g/mol. The van der Waals surface area contributed by atoms with E-state index in [4.69, 9.17) is 0 Å². The van der Waals surface area contributed by atoms with Crippen LogP contribution in [0.5, 0.6) is 0 Å². The number of pyridine rings is 2. The van der Waals surface area contributed by atoms with Crippen LogP contribution in [-0.2, 0) is 17.4 Å². The lowest BCUT2D eigenvalue weighted by Gasteiger charge is -2.20. The maximum absolute atomic E-state index is 14.7. The van der Waals surface area contributed by atoms with Crippen LogP contribution in [0.4, 0.5) is 40.8 Å². The van der Waals surface area contributed by atoms with Gasteiger partial charge < -0.3 is 15.7 Å². The SMILES string of the molecule is CC(Nc1cc(F)c(C(=O)N[C@@H](Cc2ccc(-c3ncccc3C(F)(F)F)c3ncccc23)C(=O)O)c(F)c1)C(F)(F)F. The van der Waals surface area contributed by atoms with E-state index in [1.165, 1.54) is 36.7 Å². The third-order valence-electron chi connectivity index (χ3n) is 6.40. The number of carbonyl (C=O) groups is 2. The number of amides is 1. The summed E-state index contributed by atoms with van der Waals surface area (Å²) in [5.41, 5.74) is -3.01. The Morgan fingerprint density at radius 1 is 0.930 bits per heavy atom. The molecule has 1 unspecified atom stereocenters. The molecule has 0 fully saturated rings. The molecule has 3 N–H and O–H groups in total. The van der Waals surface area contributed by atoms with Gasteiger partial charge in [-0.05, 0) is 42.8 Å². The number of hydrogen-bond donors (Lipinski definition) is 3. The number of anilines is 1. The number of carboxylic acids is 1. The van der Waals surface area contributed by atoms with Crippen LogP contribution >= 0.6 is 0 Å². The summed E-state index contributed by atoms with van der Waals surface area (Å²) in [6.07, 6.45) is -7.47. The quantitative estimate of drug-likeness (QED) is 0.200. The Balaban J connectivity index is 1.64. The van der Waals surface area contributed by atoms with Gasteiger partial charge in [-0.25, -0.2) is 13.6 Å². The van der Waals surface area contributed by atoms with Gasteiger partial charge >= 0.3 is 18.3 Å². The number of fused-ring (bicyclic) bond motifs is 1. The summed E-state index contributed by atoms with van der Waals surface area (Å²) >= 11 is 0. The van der Waals surface area contributed by atoms with Crippen molar-refractivity contribution in [1.29, 1.82) is 0 Å². The van der Waals surface area contributed by atoms with Crippen molar-refractivity contribution in [2.24, 2.45) is 0 Å². The summed E-state index contributed by atoms with van der Waals surface area (Å²) in [6.45, 7) is 0.714. The van der Waals surface area contributed by atoms with E-state index in [0.717, 1.165) is 12.1 Å². The minimum absolute atomic E-state index is 0.000804. The second kappa shape index (κ2) is 11.8. The Kier molecular flexibility index (Phi) is 8.55. The number of alkyl halides is 6. The van der Waals surface area contributed by atoms with Gasteiger partial charge in [0.2, 0.25) is 0 Å². The number of hydrogen-bond acceptors (Lipinski definition) is 5. The van der Waals surface area contributed by atoms with Crippen LogP contribution in [0, 0.1) is 11.6 Å². The van der Waals surface area contributed by atoms with Crippen molar-refractivity contribution >= 4 is 28.5 Å². The predicted molar refractivity (Wildman–Crippen MR) is 138 cm³/mol. The van der Waals surface area contributed by atoms with Crippen molar-refractivity contribution in [2.75, 3.05) is 5.32 Å². The highest BCUT2D eigenvalue weighted by Crippen LogP contribution is 2.38. The molecule has 0 aliphatic heterocycles. The maximum Gasteiger partial charge on any atom is 0.418 e. The number of halogens is 8. The molecule has 15 heteroatoms. The van der Waals surface area contributed by atoms with Gasteiger partial charge in [-0.15, -0.1) is 0 Å². The first kappa shape index (κ1) is 31.1. The van der Waals surface area contributed by atoms with Gasteiger partial charge in [0.25, 0.3) is 5.91 Å². The van der Waals surface area contributed by atoms with Crippen LogP contribution in [0.15, 0.2) is 60.9 Å². The van der Waals surface area contributed by atoms with Crippen LogP contribution in [0.2, 0.25) is 0 Å². The topological polar surface area (TPSA) is 104 Å². The number of benzene rings is 2. The fraction of sp³-hybridized carbons (Fsp3) is 0.214. The highest BCUT2D eigenvalue weighted by molar-refractivity contribution is 5.98. The van der Waals surface area contributed by atoms with E-state index in [1.807, 2.05) is 10.6 Å². The van der Waals surface area contributed by atoms with E-state index < -0.39 is 76.9 Å². The van der Waals surface area contributed by atoms with Gasteiger partial charge in [0.05, 0.1) is 16.8 Å². The van der Waals surface area contributed by atoms with Crippen LogP contribution < -0.4 is 10.6 Å². The zero-order chi connectivity index (χ0) is 31.7. The summed E-state index contributed by atoms with van der Waals surface area (Å²) in [7, 11) is 0. The van der Waals surface area contributed by atoms with Crippen LogP contribution in [0.1, 0.15) is 28.4 Å². The Labute approximate surface area is 237 Å². The summed E-state index contributed by atoms with van der Waals surface area (Å²) < 4.78 is 109. The van der Waals surface area contributed by atoms with Crippen molar-refractivity contribution < 1.29 is 49.8 Å². The number of nitrogens with one attached hydrogen (secondary N) is 2. The second-order valence-corrected chi connectivity index (χ2v) is 9.36. The molecule has 2 aromatic carbocycles. The van der Waals surface area contributed by atoms with E-state index in [0.29, 0.717) is 19.1 Å². The van der Waals surface area contributed by atoms with Gasteiger partial charge in [0.15, 0.2) is 0 Å². The molecule has 0 saturated carbocycles. The summed E-state index contributed by atoms with van der Waals surface area (Å²) in [4.78, 5) is 32.8. The van der Waals surface area contributed by atoms with Crippen molar-refractivity contribution in [2.45, 2.75) is 37.8 Å². The summed E-state index contributed by atoms with van der Waals surface area (Å²) in [5, 5.41) is 13.8. The van der Waals surface area contributed by atoms with E-state index >= 15 is 0 Å². The van der Waals surface area contributed by atoms with E-state index in [1.54, 1.807) is 0 Å². The van der Waals surface area contributed by atoms with Crippen molar-refractivity contribution in [3.05, 3.63) is 89.2 Å². The first-order valence-electron chi connectivity index (χ1n) is 12.3. The van der Waals surface area contributed by atoms with Crippen molar-refractivity contribution in [3.63, 3.8) is 0 Å². The second-order valence-electron chi connectivity index (χ2n) is 9.36. The Hall–Kier alpha value is -4.82. The molecule has 0 bridgehead atoms. The largest absolute Gasteiger partial charge is 0.480 e. The molecule has 43 heavy (non-hydrogen) atoms. The molecule has 0 saturated heterocycles. The molecular formula is C28H20F8N4O3. The van der Waals surface area contributed by atoms with Crippen molar-refractivity contribution in [3.8, 4) is 11.3 Å². The van der Waals surface area contributed by atoms with Crippen LogP contribution in [0.25, 0.3) is 22.2 Å². The number of rotatable bonds is 8. The Morgan fingerprint density at radius 2 is 1.56 bits per heavy atom. The molecular weight excluding hydrogens is 592 g/mol. The molecule has 2 heterocycles. The van der Waals surface area contributed by atoms with E-state index in [-0.39, 0.29) is 22.0 Å². The van der Waals surface area contributed by atoms with E-state index in [2.05, 4.69) is 9.97 Å². The number of aromatic nitrogens is 2. The predicted octanol–water partition coefficient (Wildman–Crippen LogP) is 6.38. The lowest BCUT2D eigenvalue weighted by molar-refractivity contribution is -0.139. The van der Waals surface area contributed by atoms with Crippen LogP contribution in [0.3, 0.4) is 0 Å². The fourth-order valence-electron chi connectivity index (χ4n) is 4.31. The summed E-state index contributed by atoms with van der Waals surface area (Å²) in [5.74, 6) is -6.21. The molecule has 0 aliphatic rings. The average Bonchev–Trinajstić information content (AvgIpc) is 2.91. The lowest BCUT2D eigenvalue weighted by Crippen LogP contribution is -2.43. The normalized spacial score (nSPS) is 13.4. The van der Waals surface area contributed by atoms with Gasteiger partial charge in [-0.1, -0.05) is 18.2 Å². The molecule has 4 aromatic rings. The van der Waals surface area contributed by atoms with Crippen LogP contribution in [-0.4, -0.2) is 45.2 Å². The standard InChI is InChI=1S/C28H20F8N4O3/c1-13(27(31,32)33)39-15-11-19(29)22(20(30)12-15)25(41)40-21(26(42)43)10-14-6-7-17(23-16(14)4-2-8-37-23)24-18(28(34,35)36)5-3-9-38-24/h2-9,11-13,21,39H,10H2,1H3,(H,40,41)(H,42,43)/t13?,21-/m0/s1. The molecule has 7 nitrogen and oxygen atoms in total. The first-order valence-corrected chi connectivity index (χ1v) is 12.3. The minimum atomic E-state index is -4.74. The van der Waals surface area contributed by atoms with Gasteiger partial charge in [0, 0.05) is 35.5 Å². The molecule has 4 rings (SSSR count). The van der Waals surface area contributed by atoms with E-state index in [9.17, 15) is 49.8 Å². The molecule has 0 aliphatic carbocycles. The zero-order valence-electron chi connectivity index (χ0n) is 21.8. The van der Waals surface area contributed by atoms with Crippen molar-refractivity contribution in [1.82, 2.24) is 15.3 Å². The highest BCUT2D eigenvalue weighted by Gasteiger charge is 2.37. The molecule has 2 atom stereocenters. The fourth-order valence-corrected chi connectivity index (χ4v) is 4.31. The number of carboxylic acid groups (broad SMARTS) is 1. The monoisotopic (exact) mass is 612 g/mol. The Bertz CT molecular complexity index is 1670. The highest BCUT2D eigenvalue weighted by atomic mass is 19.4.